The van der Waals surface area contributed by atoms with Gasteiger partial charge < -0.3 is 9.64 Å². The molecule has 0 aromatic heterocycles. The van der Waals surface area contributed by atoms with Gasteiger partial charge in [-0.3, -0.25) is 9.69 Å². The lowest BCUT2D eigenvalue weighted by Gasteiger charge is -2.32. The summed E-state index contributed by atoms with van der Waals surface area (Å²) in [5.41, 5.74) is 0. The minimum Gasteiger partial charge on any atom is -0.385 e. The van der Waals surface area contributed by atoms with Crippen LogP contribution >= 0.6 is 0 Å². The van der Waals surface area contributed by atoms with Gasteiger partial charge in [0.15, 0.2) is 0 Å². The van der Waals surface area contributed by atoms with Crippen LogP contribution in [0.15, 0.2) is 0 Å². The Morgan fingerprint density at radius 3 is 2.71 bits per heavy atom. The molecule has 1 fully saturated rings. The van der Waals surface area contributed by atoms with Crippen molar-refractivity contribution < 1.29 is 9.53 Å². The highest BCUT2D eigenvalue weighted by Gasteiger charge is 2.20. The molecule has 1 saturated heterocycles. The van der Waals surface area contributed by atoms with Crippen molar-refractivity contribution >= 4 is 5.91 Å². The molecule has 1 amide bonds. The highest BCUT2D eigenvalue weighted by molar-refractivity contribution is 5.78. The average Bonchev–Trinajstić information content (AvgIpc) is 2.00. The second-order valence-corrected chi connectivity index (χ2v) is 3.82. The highest BCUT2D eigenvalue weighted by Crippen LogP contribution is 2.06. The van der Waals surface area contributed by atoms with Crippen LogP contribution in [0.5, 0.6) is 0 Å². The van der Waals surface area contributed by atoms with Crippen LogP contribution in [0.2, 0.25) is 0 Å². The van der Waals surface area contributed by atoms with E-state index in [9.17, 15) is 4.79 Å². The van der Waals surface area contributed by atoms with Gasteiger partial charge in [-0.05, 0) is 19.9 Å². The number of ether oxygens (including phenoxy) is 1. The van der Waals surface area contributed by atoms with E-state index in [4.69, 9.17) is 4.74 Å². The molecule has 1 aliphatic heterocycles. The zero-order chi connectivity index (χ0) is 10.4. The van der Waals surface area contributed by atoms with E-state index in [0.717, 1.165) is 32.7 Å². The normalized spacial score (nSPS) is 15.8. The van der Waals surface area contributed by atoms with Gasteiger partial charge in [-0.1, -0.05) is 0 Å². The number of amides is 1. The van der Waals surface area contributed by atoms with E-state index in [1.807, 2.05) is 11.9 Å². The van der Waals surface area contributed by atoms with Gasteiger partial charge >= 0.3 is 0 Å². The molecule has 0 spiro atoms. The average molecular weight is 200 g/mol. The molecule has 1 rings (SSSR count). The molecule has 0 unspecified atom stereocenters. The van der Waals surface area contributed by atoms with Crippen molar-refractivity contribution in [3.8, 4) is 0 Å². The van der Waals surface area contributed by atoms with Crippen molar-refractivity contribution in [1.82, 2.24) is 9.80 Å². The summed E-state index contributed by atoms with van der Waals surface area (Å²) < 4.78 is 4.95. The van der Waals surface area contributed by atoms with Crippen molar-refractivity contribution in [2.75, 3.05) is 46.9 Å². The van der Waals surface area contributed by atoms with Crippen LogP contribution in [0.3, 0.4) is 0 Å². The molecule has 1 heterocycles. The van der Waals surface area contributed by atoms with E-state index < -0.39 is 0 Å². The second kappa shape index (κ2) is 5.98. The van der Waals surface area contributed by atoms with E-state index in [2.05, 4.69) is 4.90 Å². The first kappa shape index (κ1) is 11.5. The fourth-order valence-corrected chi connectivity index (χ4v) is 1.45. The molecule has 4 nitrogen and oxygen atoms in total. The van der Waals surface area contributed by atoms with Crippen molar-refractivity contribution in [1.29, 1.82) is 0 Å². The van der Waals surface area contributed by atoms with Gasteiger partial charge in [-0.15, -0.1) is 0 Å². The van der Waals surface area contributed by atoms with Gasteiger partial charge in [0.05, 0.1) is 6.54 Å². The minimum atomic E-state index is 0.260. The number of methoxy groups -OCH3 is 1. The topological polar surface area (TPSA) is 32.8 Å². The SMILES string of the molecule is COCCCN(C)CC(=O)N1CCC1. The zero-order valence-corrected chi connectivity index (χ0v) is 9.16. The first-order chi connectivity index (χ1) is 6.74. The lowest BCUT2D eigenvalue weighted by atomic mass is 10.2. The van der Waals surface area contributed by atoms with Crippen LogP contribution < -0.4 is 0 Å². The van der Waals surface area contributed by atoms with Gasteiger partial charge in [-0.2, -0.15) is 0 Å². The summed E-state index contributed by atoms with van der Waals surface area (Å²) in [4.78, 5) is 15.5. The molecule has 0 radical (unpaired) electrons. The highest BCUT2D eigenvalue weighted by atomic mass is 16.5. The predicted molar refractivity (Wildman–Crippen MR) is 55.2 cm³/mol. The number of hydrogen-bond donors (Lipinski definition) is 0. The fraction of sp³-hybridized carbons (Fsp3) is 0.900. The van der Waals surface area contributed by atoms with Gasteiger partial charge in [0, 0.05) is 33.4 Å². The molecule has 0 N–H and O–H groups in total. The van der Waals surface area contributed by atoms with Crippen LogP contribution in [0.1, 0.15) is 12.8 Å². The largest absolute Gasteiger partial charge is 0.385 e. The summed E-state index contributed by atoms with van der Waals surface area (Å²) in [6, 6.07) is 0. The van der Waals surface area contributed by atoms with Crippen molar-refractivity contribution in [3.63, 3.8) is 0 Å². The molecule has 0 aliphatic carbocycles. The predicted octanol–water partition coefficient (Wildman–Crippen LogP) is 0.187. The molecule has 14 heavy (non-hydrogen) atoms. The molecule has 82 valence electrons. The second-order valence-electron chi connectivity index (χ2n) is 3.82. The fourth-order valence-electron chi connectivity index (χ4n) is 1.45. The molecule has 1 aliphatic rings. The number of likely N-dealkylation sites (tertiary alicyclic amines) is 1. The summed E-state index contributed by atoms with van der Waals surface area (Å²) >= 11 is 0. The quantitative estimate of drug-likeness (QED) is 0.574. The number of nitrogens with zero attached hydrogens (tertiary/aromatic N) is 2. The maximum atomic E-state index is 11.5. The Morgan fingerprint density at radius 1 is 1.50 bits per heavy atom. The standard InChI is InChI=1S/C10H20N2O2/c1-11(5-4-8-14-2)9-10(13)12-6-3-7-12/h3-9H2,1-2H3. The lowest BCUT2D eigenvalue weighted by Crippen LogP contribution is -2.46. The lowest BCUT2D eigenvalue weighted by molar-refractivity contribution is -0.135. The van der Waals surface area contributed by atoms with Crippen LogP contribution in [0, 0.1) is 0 Å². The van der Waals surface area contributed by atoms with E-state index in [0.29, 0.717) is 6.54 Å². The van der Waals surface area contributed by atoms with Gasteiger partial charge in [0.1, 0.15) is 0 Å². The first-order valence-corrected chi connectivity index (χ1v) is 5.19. The Labute approximate surface area is 85.8 Å². The number of carbonyl (C=O) groups is 1. The monoisotopic (exact) mass is 200 g/mol. The zero-order valence-electron chi connectivity index (χ0n) is 9.16. The van der Waals surface area contributed by atoms with Crippen LogP contribution in [-0.2, 0) is 9.53 Å². The number of carbonyl (C=O) groups excluding carboxylic acids is 1. The Kier molecular flexibility index (Phi) is 4.90. The van der Waals surface area contributed by atoms with E-state index >= 15 is 0 Å². The third-order valence-corrected chi connectivity index (χ3v) is 2.50. The van der Waals surface area contributed by atoms with Gasteiger partial charge in [-0.25, -0.2) is 0 Å². The third-order valence-electron chi connectivity index (χ3n) is 2.50. The third kappa shape index (κ3) is 3.64. The Morgan fingerprint density at radius 2 is 2.21 bits per heavy atom. The van der Waals surface area contributed by atoms with E-state index in [-0.39, 0.29) is 5.91 Å². The molecule has 0 aromatic carbocycles. The summed E-state index contributed by atoms with van der Waals surface area (Å²) in [5.74, 6) is 0.260. The Bertz CT molecular complexity index is 181. The summed E-state index contributed by atoms with van der Waals surface area (Å²) in [5, 5.41) is 0. The maximum absolute atomic E-state index is 11.5. The molecular formula is C10H20N2O2. The van der Waals surface area contributed by atoms with Crippen molar-refractivity contribution in [2.24, 2.45) is 0 Å². The first-order valence-electron chi connectivity index (χ1n) is 5.19. The Hall–Kier alpha value is -0.610. The van der Waals surface area contributed by atoms with E-state index in [1.165, 1.54) is 6.42 Å². The maximum Gasteiger partial charge on any atom is 0.236 e. The molecule has 0 atom stereocenters. The van der Waals surface area contributed by atoms with Crippen molar-refractivity contribution in [2.45, 2.75) is 12.8 Å². The minimum absolute atomic E-state index is 0.260. The van der Waals surface area contributed by atoms with Crippen molar-refractivity contribution in [3.05, 3.63) is 0 Å². The number of rotatable bonds is 6. The molecule has 0 saturated carbocycles. The Balaban J connectivity index is 2.06. The summed E-state index contributed by atoms with van der Waals surface area (Å²) in [6.45, 7) is 4.13. The molecular weight excluding hydrogens is 180 g/mol. The molecule has 0 bridgehead atoms. The molecule has 4 heteroatoms. The van der Waals surface area contributed by atoms with Crippen LogP contribution in [0.4, 0.5) is 0 Å². The number of hydrogen-bond acceptors (Lipinski definition) is 3. The summed E-state index contributed by atoms with van der Waals surface area (Å²) in [6.07, 6.45) is 2.15. The van der Waals surface area contributed by atoms with Gasteiger partial charge in [0.25, 0.3) is 0 Å². The summed E-state index contributed by atoms with van der Waals surface area (Å²) in [7, 11) is 3.68. The number of likely N-dealkylation sites (N-methyl/N-ethyl adjacent to an activating group) is 1. The van der Waals surface area contributed by atoms with E-state index in [1.54, 1.807) is 7.11 Å². The van der Waals surface area contributed by atoms with Crippen LogP contribution in [-0.4, -0.2) is 62.7 Å². The molecule has 0 aromatic rings. The smallest absolute Gasteiger partial charge is 0.236 e. The van der Waals surface area contributed by atoms with Gasteiger partial charge in [0.2, 0.25) is 5.91 Å². The van der Waals surface area contributed by atoms with Crippen LogP contribution in [0.25, 0.3) is 0 Å².